The Bertz CT molecular complexity index is 717. The molecule has 1 aromatic heterocycles. The Labute approximate surface area is 142 Å². The van der Waals surface area contributed by atoms with Crippen molar-refractivity contribution in [1.29, 1.82) is 0 Å². The Morgan fingerprint density at radius 1 is 1.29 bits per heavy atom. The summed E-state index contributed by atoms with van der Waals surface area (Å²) in [7, 11) is 0.744. The van der Waals surface area contributed by atoms with E-state index in [1.807, 2.05) is 0 Å². The fourth-order valence-corrected chi connectivity index (χ4v) is 3.40. The van der Waals surface area contributed by atoms with Crippen molar-refractivity contribution in [3.8, 4) is 0 Å². The van der Waals surface area contributed by atoms with Crippen molar-refractivity contribution in [2.24, 2.45) is 7.05 Å². The summed E-state index contributed by atoms with van der Waals surface area (Å²) in [5, 5.41) is 11.8. The van der Waals surface area contributed by atoms with Crippen LogP contribution in [0.2, 0.25) is 0 Å². The predicted molar refractivity (Wildman–Crippen MR) is 89.3 cm³/mol. The first-order valence-electron chi connectivity index (χ1n) is 7.62. The van der Waals surface area contributed by atoms with Crippen LogP contribution in [0.3, 0.4) is 0 Å². The highest BCUT2D eigenvalue weighted by Gasteiger charge is 2.32. The second kappa shape index (κ2) is 7.35. The number of carboxylic acids is 1. The molecule has 1 amide bonds. The Morgan fingerprint density at radius 2 is 1.83 bits per heavy atom. The van der Waals surface area contributed by atoms with Crippen LogP contribution in [0.25, 0.3) is 0 Å². The lowest BCUT2D eigenvalue weighted by Crippen LogP contribution is -2.49. The molecule has 0 spiro atoms. The number of carboxylic acid groups (broad SMARTS) is 1. The fraction of sp³-hybridized carbons (Fsp3) is 0.600. The van der Waals surface area contributed by atoms with Crippen LogP contribution in [0.5, 0.6) is 0 Å². The Morgan fingerprint density at radius 3 is 2.25 bits per heavy atom. The Hall–Kier alpha value is -1.87. The van der Waals surface area contributed by atoms with Crippen LogP contribution in [0.1, 0.15) is 43.6 Å². The predicted octanol–water partition coefficient (Wildman–Crippen LogP) is 1.04. The van der Waals surface area contributed by atoms with Gasteiger partial charge in [0.1, 0.15) is 10.6 Å². The molecule has 24 heavy (non-hydrogen) atoms. The zero-order chi connectivity index (χ0) is 18.7. The molecule has 1 aromatic rings. The average molecular weight is 359 g/mol. The van der Waals surface area contributed by atoms with Gasteiger partial charge in [-0.05, 0) is 18.9 Å². The van der Waals surface area contributed by atoms with Crippen LogP contribution in [-0.2, 0) is 21.9 Å². The minimum atomic E-state index is -3.65. The van der Waals surface area contributed by atoms with Gasteiger partial charge in [-0.15, -0.1) is 0 Å². The first kappa shape index (κ1) is 20.2. The molecular weight excluding hydrogens is 334 g/mol. The summed E-state index contributed by atoms with van der Waals surface area (Å²) in [6, 6.07) is 1.29. The molecule has 0 aliphatic heterocycles. The van der Waals surface area contributed by atoms with E-state index in [4.69, 9.17) is 5.11 Å². The highest BCUT2D eigenvalue weighted by atomic mass is 32.2. The maximum atomic E-state index is 12.6. The van der Waals surface area contributed by atoms with E-state index in [0.29, 0.717) is 12.8 Å². The SMILES string of the molecule is CCC(CC)(CC(=O)O)NC(=O)c1cc(S(=O)(=O)N(C)C)cn1C. The van der Waals surface area contributed by atoms with Crippen LogP contribution in [0.4, 0.5) is 0 Å². The van der Waals surface area contributed by atoms with Gasteiger partial charge in [-0.3, -0.25) is 9.59 Å². The number of aryl methyl sites for hydroxylation is 1. The number of amides is 1. The first-order chi connectivity index (χ1) is 11.0. The van der Waals surface area contributed by atoms with Gasteiger partial charge in [-0.25, -0.2) is 12.7 Å². The smallest absolute Gasteiger partial charge is 0.305 e. The van der Waals surface area contributed by atoms with Crippen LogP contribution in [0.15, 0.2) is 17.2 Å². The largest absolute Gasteiger partial charge is 0.481 e. The van der Waals surface area contributed by atoms with Crippen molar-refractivity contribution < 1.29 is 23.1 Å². The van der Waals surface area contributed by atoms with Crippen molar-refractivity contribution >= 4 is 21.9 Å². The molecule has 0 atom stereocenters. The standard InChI is InChI=1S/C15H25N3O5S/c1-6-15(7-2,9-13(19)20)16-14(21)12-8-11(10-18(12)5)24(22,23)17(3)4/h8,10H,6-7,9H2,1-5H3,(H,16,21)(H,19,20). The van der Waals surface area contributed by atoms with Gasteiger partial charge in [0.25, 0.3) is 5.91 Å². The molecule has 136 valence electrons. The van der Waals surface area contributed by atoms with Gasteiger partial charge in [0.2, 0.25) is 10.0 Å². The molecule has 1 rings (SSSR count). The third kappa shape index (κ3) is 4.15. The molecule has 2 N–H and O–H groups in total. The van der Waals surface area contributed by atoms with Gasteiger partial charge in [-0.2, -0.15) is 0 Å². The maximum Gasteiger partial charge on any atom is 0.305 e. The van der Waals surface area contributed by atoms with E-state index in [0.717, 1.165) is 4.31 Å². The number of nitrogens with one attached hydrogen (secondary N) is 1. The second-order valence-electron chi connectivity index (χ2n) is 5.97. The van der Waals surface area contributed by atoms with Crippen molar-refractivity contribution in [3.63, 3.8) is 0 Å². The van der Waals surface area contributed by atoms with E-state index in [9.17, 15) is 18.0 Å². The number of aliphatic carboxylic acids is 1. The second-order valence-corrected chi connectivity index (χ2v) is 8.12. The van der Waals surface area contributed by atoms with Crippen molar-refractivity contribution in [3.05, 3.63) is 18.0 Å². The van der Waals surface area contributed by atoms with Crippen molar-refractivity contribution in [2.45, 2.75) is 43.5 Å². The normalized spacial score (nSPS) is 12.4. The average Bonchev–Trinajstić information content (AvgIpc) is 2.88. The number of nitrogens with zero attached hydrogens (tertiary/aromatic N) is 2. The minimum Gasteiger partial charge on any atom is -0.481 e. The zero-order valence-corrected chi connectivity index (χ0v) is 15.5. The number of sulfonamides is 1. The number of hydrogen-bond acceptors (Lipinski definition) is 4. The molecule has 0 radical (unpaired) electrons. The first-order valence-corrected chi connectivity index (χ1v) is 9.06. The summed E-state index contributed by atoms with van der Waals surface area (Å²) in [4.78, 5) is 23.7. The van der Waals surface area contributed by atoms with E-state index in [1.165, 1.54) is 30.9 Å². The van der Waals surface area contributed by atoms with E-state index in [-0.39, 0.29) is 17.0 Å². The molecule has 0 aromatic carbocycles. The van der Waals surface area contributed by atoms with Crippen molar-refractivity contribution in [2.75, 3.05) is 14.1 Å². The van der Waals surface area contributed by atoms with E-state index in [1.54, 1.807) is 20.9 Å². The number of hydrogen-bond donors (Lipinski definition) is 2. The maximum absolute atomic E-state index is 12.6. The molecule has 0 saturated heterocycles. The molecule has 0 aliphatic carbocycles. The lowest BCUT2D eigenvalue weighted by atomic mass is 9.89. The summed E-state index contributed by atoms with van der Waals surface area (Å²) in [5.74, 6) is -1.50. The highest BCUT2D eigenvalue weighted by Crippen LogP contribution is 2.22. The van der Waals surface area contributed by atoms with Crippen LogP contribution >= 0.6 is 0 Å². The summed E-state index contributed by atoms with van der Waals surface area (Å²) in [6.45, 7) is 3.61. The van der Waals surface area contributed by atoms with Gasteiger partial charge in [0.05, 0.1) is 12.0 Å². The molecular formula is C15H25N3O5S. The summed E-state index contributed by atoms with van der Waals surface area (Å²) in [5.41, 5.74) is -0.708. The van der Waals surface area contributed by atoms with Gasteiger partial charge in [0, 0.05) is 27.3 Å². The van der Waals surface area contributed by atoms with Gasteiger partial charge in [0.15, 0.2) is 0 Å². The lowest BCUT2D eigenvalue weighted by Gasteiger charge is -2.31. The lowest BCUT2D eigenvalue weighted by molar-refractivity contribution is -0.138. The molecule has 0 bridgehead atoms. The molecule has 0 fully saturated rings. The number of carbonyl (C=O) groups excluding carboxylic acids is 1. The monoisotopic (exact) mass is 359 g/mol. The highest BCUT2D eigenvalue weighted by molar-refractivity contribution is 7.89. The minimum absolute atomic E-state index is 0.0111. The van der Waals surface area contributed by atoms with Crippen molar-refractivity contribution in [1.82, 2.24) is 14.2 Å². The molecule has 8 nitrogen and oxygen atoms in total. The molecule has 1 heterocycles. The Balaban J connectivity index is 3.16. The third-order valence-corrected chi connectivity index (χ3v) is 5.99. The van der Waals surface area contributed by atoms with Gasteiger partial charge < -0.3 is 15.0 Å². The number of carbonyl (C=O) groups is 2. The summed E-state index contributed by atoms with van der Waals surface area (Å²) in [6.07, 6.45) is 2.07. The quantitative estimate of drug-likeness (QED) is 0.721. The van der Waals surface area contributed by atoms with Crippen LogP contribution in [0, 0.1) is 0 Å². The van der Waals surface area contributed by atoms with E-state index >= 15 is 0 Å². The molecule has 9 heteroatoms. The topological polar surface area (TPSA) is 109 Å². The van der Waals surface area contributed by atoms with E-state index in [2.05, 4.69) is 5.32 Å². The zero-order valence-electron chi connectivity index (χ0n) is 14.7. The Kier molecular flexibility index (Phi) is 6.18. The van der Waals surface area contributed by atoms with Gasteiger partial charge >= 0.3 is 5.97 Å². The van der Waals surface area contributed by atoms with Crippen LogP contribution < -0.4 is 5.32 Å². The molecule has 0 saturated carbocycles. The summed E-state index contributed by atoms with van der Waals surface area (Å²) < 4.78 is 26.8. The summed E-state index contributed by atoms with van der Waals surface area (Å²) >= 11 is 0. The fourth-order valence-electron chi connectivity index (χ4n) is 2.43. The third-order valence-electron chi connectivity index (χ3n) is 4.21. The van der Waals surface area contributed by atoms with Gasteiger partial charge in [-0.1, -0.05) is 13.8 Å². The van der Waals surface area contributed by atoms with Crippen LogP contribution in [-0.4, -0.2) is 53.9 Å². The number of aromatic nitrogens is 1. The van der Waals surface area contributed by atoms with E-state index < -0.39 is 27.4 Å². The molecule has 0 aliphatic rings. The number of rotatable bonds is 8. The molecule has 0 unspecified atom stereocenters.